The van der Waals surface area contributed by atoms with Gasteiger partial charge in [0, 0.05) is 26.1 Å². The van der Waals surface area contributed by atoms with Crippen LogP contribution in [0.2, 0.25) is 0 Å². The topological polar surface area (TPSA) is 113 Å². The van der Waals surface area contributed by atoms with Crippen LogP contribution in [0.1, 0.15) is 39.7 Å². The van der Waals surface area contributed by atoms with E-state index in [1.54, 1.807) is 31.2 Å². The van der Waals surface area contributed by atoms with E-state index in [-0.39, 0.29) is 25.5 Å². The van der Waals surface area contributed by atoms with Crippen molar-refractivity contribution >= 4 is 29.4 Å². The van der Waals surface area contributed by atoms with E-state index in [0.717, 1.165) is 4.90 Å². The summed E-state index contributed by atoms with van der Waals surface area (Å²) in [5.41, 5.74) is -0.920. The molecular weight excluding hydrogens is 340 g/mol. The fraction of sp³-hybridized carbons (Fsp3) is 0.444. The summed E-state index contributed by atoms with van der Waals surface area (Å²) >= 11 is 0. The van der Waals surface area contributed by atoms with Crippen LogP contribution in [-0.4, -0.2) is 45.9 Å². The number of carboxylic acid groups (broad SMARTS) is 1. The van der Waals surface area contributed by atoms with Gasteiger partial charge in [0.2, 0.25) is 17.4 Å². The molecular formula is C18H24N2O6. The van der Waals surface area contributed by atoms with Crippen LogP contribution in [0.5, 0.6) is 0 Å². The van der Waals surface area contributed by atoms with E-state index < -0.39 is 23.4 Å². The van der Waals surface area contributed by atoms with E-state index >= 15 is 0 Å². The smallest absolute Gasteiger partial charge is 0.343 e. The van der Waals surface area contributed by atoms with Crippen LogP contribution in [0.4, 0.5) is 5.69 Å². The van der Waals surface area contributed by atoms with Crippen molar-refractivity contribution in [3.63, 3.8) is 0 Å². The van der Waals surface area contributed by atoms with Gasteiger partial charge in [0.05, 0.1) is 6.61 Å². The lowest BCUT2D eigenvalue weighted by atomic mass is 9.92. The number of carbonyl (C=O) groups excluding carboxylic acids is 3. The van der Waals surface area contributed by atoms with Crippen LogP contribution >= 0.6 is 0 Å². The van der Waals surface area contributed by atoms with Gasteiger partial charge in [-0.05, 0) is 31.0 Å². The fourth-order valence-corrected chi connectivity index (χ4v) is 2.64. The summed E-state index contributed by atoms with van der Waals surface area (Å²) < 4.78 is 4.93. The van der Waals surface area contributed by atoms with E-state index in [4.69, 9.17) is 4.74 Å². The van der Waals surface area contributed by atoms with E-state index in [1.165, 1.54) is 20.8 Å². The van der Waals surface area contributed by atoms with Crippen LogP contribution < -0.4 is 5.32 Å². The average molecular weight is 364 g/mol. The number of aliphatic carboxylic acids is 1. The predicted octanol–water partition coefficient (Wildman–Crippen LogP) is 1.79. The lowest BCUT2D eigenvalue weighted by Gasteiger charge is -2.37. The maximum Gasteiger partial charge on any atom is 0.343 e. The summed E-state index contributed by atoms with van der Waals surface area (Å²) in [4.78, 5) is 48.6. The molecule has 0 aromatic heterocycles. The molecule has 0 aliphatic rings. The molecule has 0 spiro atoms. The van der Waals surface area contributed by atoms with Crippen molar-refractivity contribution in [2.75, 3.05) is 11.9 Å². The number of esters is 1. The third-order valence-corrected chi connectivity index (χ3v) is 3.93. The molecule has 142 valence electrons. The molecule has 1 atom stereocenters. The number of rotatable bonds is 8. The molecule has 1 aromatic rings. The van der Waals surface area contributed by atoms with Gasteiger partial charge in [0.25, 0.3) is 0 Å². The number of nitrogens with one attached hydrogen (secondary N) is 1. The first-order chi connectivity index (χ1) is 12.2. The van der Waals surface area contributed by atoms with Gasteiger partial charge < -0.3 is 20.1 Å². The zero-order valence-corrected chi connectivity index (χ0v) is 15.4. The SMILES string of the molecule is CCOC(=O)C(CC)(C(=O)O)N(Cc1ccc(NC(C)=O)cc1)C(C)=O. The normalized spacial score (nSPS) is 12.6. The lowest BCUT2D eigenvalue weighted by Crippen LogP contribution is -2.61. The van der Waals surface area contributed by atoms with Crippen molar-refractivity contribution in [3.05, 3.63) is 29.8 Å². The molecule has 8 nitrogen and oxygen atoms in total. The predicted molar refractivity (Wildman–Crippen MR) is 94.3 cm³/mol. The second-order valence-corrected chi connectivity index (χ2v) is 5.72. The third kappa shape index (κ3) is 4.59. The molecule has 0 heterocycles. The minimum Gasteiger partial charge on any atom is -0.479 e. The van der Waals surface area contributed by atoms with Crippen LogP contribution in [0, 0.1) is 0 Å². The number of amides is 2. The molecule has 0 bridgehead atoms. The number of carboxylic acids is 1. The molecule has 26 heavy (non-hydrogen) atoms. The molecule has 1 unspecified atom stereocenters. The van der Waals surface area contributed by atoms with Crippen molar-refractivity contribution in [3.8, 4) is 0 Å². The molecule has 0 radical (unpaired) electrons. The summed E-state index contributed by atoms with van der Waals surface area (Å²) in [5, 5.41) is 12.3. The van der Waals surface area contributed by atoms with Crippen LogP contribution in [0.15, 0.2) is 24.3 Å². The number of anilines is 1. The molecule has 0 saturated heterocycles. The molecule has 2 amide bonds. The second kappa shape index (κ2) is 8.98. The number of benzene rings is 1. The Morgan fingerprint density at radius 1 is 1.12 bits per heavy atom. The summed E-state index contributed by atoms with van der Waals surface area (Å²) in [6, 6.07) is 6.56. The quantitative estimate of drug-likeness (QED) is 0.537. The van der Waals surface area contributed by atoms with E-state index in [0.29, 0.717) is 11.3 Å². The van der Waals surface area contributed by atoms with Gasteiger partial charge in [-0.15, -0.1) is 0 Å². The highest BCUT2D eigenvalue weighted by Gasteiger charge is 2.52. The molecule has 0 fully saturated rings. The first-order valence-corrected chi connectivity index (χ1v) is 8.24. The van der Waals surface area contributed by atoms with Gasteiger partial charge >= 0.3 is 11.9 Å². The summed E-state index contributed by atoms with van der Waals surface area (Å²) in [5.74, 6) is -3.20. The molecule has 0 aliphatic heterocycles. The highest BCUT2D eigenvalue weighted by Crippen LogP contribution is 2.26. The standard InChI is InChI=1S/C18H24N2O6/c1-5-18(16(23)24,17(25)26-6-2)20(13(4)22)11-14-7-9-15(10-8-14)19-12(3)21/h7-10H,5-6,11H2,1-4H3,(H,19,21)(H,23,24). The molecule has 1 rings (SSSR count). The van der Waals surface area contributed by atoms with Gasteiger partial charge in [-0.2, -0.15) is 0 Å². The molecule has 0 aliphatic carbocycles. The molecule has 1 aromatic carbocycles. The average Bonchev–Trinajstić information content (AvgIpc) is 2.55. The Hall–Kier alpha value is -2.90. The summed E-state index contributed by atoms with van der Waals surface area (Å²) in [6.45, 7) is 5.59. The third-order valence-electron chi connectivity index (χ3n) is 3.93. The fourth-order valence-electron chi connectivity index (χ4n) is 2.64. The van der Waals surface area contributed by atoms with E-state index in [2.05, 4.69) is 5.32 Å². The van der Waals surface area contributed by atoms with Gasteiger partial charge in [-0.25, -0.2) is 9.59 Å². The van der Waals surface area contributed by atoms with Crippen molar-refractivity contribution in [1.29, 1.82) is 0 Å². The Balaban J connectivity index is 3.23. The van der Waals surface area contributed by atoms with Crippen LogP contribution in [0.3, 0.4) is 0 Å². The number of nitrogens with zero attached hydrogens (tertiary/aromatic N) is 1. The lowest BCUT2D eigenvalue weighted by molar-refractivity contribution is -0.177. The minimum absolute atomic E-state index is 0.00498. The first kappa shape index (κ1) is 21.1. The van der Waals surface area contributed by atoms with E-state index in [1.807, 2.05) is 0 Å². The van der Waals surface area contributed by atoms with Crippen LogP contribution in [0.25, 0.3) is 0 Å². The largest absolute Gasteiger partial charge is 0.479 e. The van der Waals surface area contributed by atoms with Crippen molar-refractivity contribution < 1.29 is 29.0 Å². The molecule has 0 saturated carbocycles. The maximum atomic E-state index is 12.4. The molecule has 2 N–H and O–H groups in total. The number of ether oxygens (including phenoxy) is 1. The first-order valence-electron chi connectivity index (χ1n) is 8.24. The van der Waals surface area contributed by atoms with Crippen molar-refractivity contribution in [2.24, 2.45) is 0 Å². The Bertz CT molecular complexity index is 685. The Labute approximate surface area is 152 Å². The second-order valence-electron chi connectivity index (χ2n) is 5.72. The Morgan fingerprint density at radius 2 is 1.69 bits per heavy atom. The van der Waals surface area contributed by atoms with E-state index in [9.17, 15) is 24.3 Å². The number of hydrogen-bond donors (Lipinski definition) is 2. The highest BCUT2D eigenvalue weighted by atomic mass is 16.5. The maximum absolute atomic E-state index is 12.4. The van der Waals surface area contributed by atoms with Crippen molar-refractivity contribution in [2.45, 2.75) is 46.2 Å². The minimum atomic E-state index is -2.10. The number of carbonyl (C=O) groups is 4. The zero-order valence-electron chi connectivity index (χ0n) is 15.4. The molecule has 8 heteroatoms. The van der Waals surface area contributed by atoms with Crippen LogP contribution in [-0.2, 0) is 30.5 Å². The van der Waals surface area contributed by atoms with Gasteiger partial charge in [-0.3, -0.25) is 9.59 Å². The van der Waals surface area contributed by atoms with Gasteiger partial charge in [0.15, 0.2) is 0 Å². The summed E-state index contributed by atoms with van der Waals surface area (Å²) in [7, 11) is 0. The number of hydrogen-bond acceptors (Lipinski definition) is 5. The van der Waals surface area contributed by atoms with Crippen molar-refractivity contribution in [1.82, 2.24) is 4.90 Å². The summed E-state index contributed by atoms with van der Waals surface area (Å²) in [6.07, 6.45) is -0.134. The highest BCUT2D eigenvalue weighted by molar-refractivity contribution is 6.06. The Morgan fingerprint density at radius 3 is 2.08 bits per heavy atom. The van der Waals surface area contributed by atoms with Gasteiger partial charge in [0.1, 0.15) is 0 Å². The van der Waals surface area contributed by atoms with Gasteiger partial charge in [-0.1, -0.05) is 19.1 Å². The Kier molecular flexibility index (Phi) is 7.30. The zero-order chi connectivity index (χ0) is 19.9. The monoisotopic (exact) mass is 364 g/mol.